The van der Waals surface area contributed by atoms with Crippen molar-refractivity contribution in [1.82, 2.24) is 20.1 Å². The van der Waals surface area contributed by atoms with Crippen LogP contribution in [0.5, 0.6) is 0 Å². The lowest BCUT2D eigenvalue weighted by atomic mass is 10.3. The van der Waals surface area contributed by atoms with Gasteiger partial charge in [-0.15, -0.1) is 0 Å². The molecule has 0 aromatic carbocycles. The molecule has 0 saturated carbocycles. The smallest absolute Gasteiger partial charge is 0.137 e. The fourth-order valence-electron chi connectivity index (χ4n) is 0.948. The number of nitrogens with one attached hydrogen (secondary N) is 1. The average molecular weight is 180 g/mol. The molecular formula is C9H16N4. The molecule has 1 heterocycles. The lowest BCUT2D eigenvalue weighted by Gasteiger charge is -2.09. The highest BCUT2D eigenvalue weighted by molar-refractivity contribution is 4.96. The van der Waals surface area contributed by atoms with Crippen LogP contribution in [0.25, 0.3) is 0 Å². The van der Waals surface area contributed by atoms with Crippen LogP contribution in [0.2, 0.25) is 0 Å². The molecular weight excluding hydrogens is 164 g/mol. The van der Waals surface area contributed by atoms with Gasteiger partial charge in [0.15, 0.2) is 0 Å². The van der Waals surface area contributed by atoms with Crippen LogP contribution in [0.15, 0.2) is 24.8 Å². The van der Waals surface area contributed by atoms with Gasteiger partial charge in [0, 0.05) is 12.6 Å². The van der Waals surface area contributed by atoms with Gasteiger partial charge in [0.2, 0.25) is 0 Å². The molecule has 0 amide bonds. The van der Waals surface area contributed by atoms with Gasteiger partial charge in [-0.1, -0.05) is 20.4 Å². The monoisotopic (exact) mass is 180 g/mol. The minimum atomic E-state index is 0.493. The second-order valence-electron chi connectivity index (χ2n) is 3.38. The average Bonchev–Trinajstić information content (AvgIpc) is 2.53. The second kappa shape index (κ2) is 4.77. The van der Waals surface area contributed by atoms with Crippen molar-refractivity contribution in [3.63, 3.8) is 0 Å². The third-order valence-electron chi connectivity index (χ3n) is 1.61. The van der Waals surface area contributed by atoms with E-state index in [0.29, 0.717) is 6.04 Å². The van der Waals surface area contributed by atoms with Gasteiger partial charge in [-0.3, -0.25) is 0 Å². The van der Waals surface area contributed by atoms with Crippen LogP contribution in [0.3, 0.4) is 0 Å². The highest BCUT2D eigenvalue weighted by Gasteiger charge is 1.97. The van der Waals surface area contributed by atoms with E-state index in [1.165, 1.54) is 6.33 Å². The maximum absolute atomic E-state index is 4.00. The Morgan fingerprint density at radius 3 is 2.92 bits per heavy atom. The van der Waals surface area contributed by atoms with Crippen LogP contribution >= 0.6 is 0 Å². The summed E-state index contributed by atoms with van der Waals surface area (Å²) in [5.41, 5.74) is 1.11. The van der Waals surface area contributed by atoms with E-state index in [1.807, 2.05) is 0 Å². The first-order valence-corrected chi connectivity index (χ1v) is 4.41. The molecule has 0 atom stereocenters. The summed E-state index contributed by atoms with van der Waals surface area (Å²) in [5, 5.41) is 7.30. The van der Waals surface area contributed by atoms with Gasteiger partial charge in [-0.2, -0.15) is 5.10 Å². The van der Waals surface area contributed by atoms with Crippen LogP contribution < -0.4 is 5.32 Å². The van der Waals surface area contributed by atoms with Crippen LogP contribution in [0, 0.1) is 0 Å². The van der Waals surface area contributed by atoms with Gasteiger partial charge in [0.05, 0.1) is 6.54 Å². The number of rotatable bonds is 5. The first kappa shape index (κ1) is 9.92. The van der Waals surface area contributed by atoms with E-state index in [2.05, 4.69) is 35.8 Å². The fourth-order valence-corrected chi connectivity index (χ4v) is 0.948. The standard InChI is InChI=1S/C9H16N4/c1-8(2)11-4-9(3)5-13-7-10-6-12-13/h6-8,11H,3-5H2,1-2H3. The van der Waals surface area contributed by atoms with Gasteiger partial charge < -0.3 is 5.32 Å². The van der Waals surface area contributed by atoms with Gasteiger partial charge in [-0.25, -0.2) is 9.67 Å². The number of aromatic nitrogens is 3. The van der Waals surface area contributed by atoms with Gasteiger partial charge in [0.25, 0.3) is 0 Å². The molecule has 0 unspecified atom stereocenters. The molecule has 13 heavy (non-hydrogen) atoms. The predicted octanol–water partition coefficient (Wildman–Crippen LogP) is 0.832. The van der Waals surface area contributed by atoms with Gasteiger partial charge >= 0.3 is 0 Å². The Labute approximate surface area is 78.7 Å². The van der Waals surface area contributed by atoms with Crippen LogP contribution in [-0.4, -0.2) is 27.4 Å². The number of nitrogens with zero attached hydrogens (tertiary/aromatic N) is 3. The van der Waals surface area contributed by atoms with E-state index in [4.69, 9.17) is 0 Å². The fraction of sp³-hybridized carbons (Fsp3) is 0.556. The van der Waals surface area contributed by atoms with E-state index in [9.17, 15) is 0 Å². The molecule has 0 bridgehead atoms. The molecule has 0 aliphatic carbocycles. The molecule has 72 valence electrons. The third kappa shape index (κ3) is 3.85. The van der Waals surface area contributed by atoms with E-state index in [-0.39, 0.29) is 0 Å². The highest BCUT2D eigenvalue weighted by Crippen LogP contribution is 1.93. The molecule has 0 saturated heterocycles. The summed E-state index contributed by atoms with van der Waals surface area (Å²) in [5.74, 6) is 0. The van der Waals surface area contributed by atoms with Crippen molar-refractivity contribution in [3.8, 4) is 0 Å². The van der Waals surface area contributed by atoms with Gasteiger partial charge in [0.1, 0.15) is 12.7 Å². The molecule has 0 radical (unpaired) electrons. The largest absolute Gasteiger partial charge is 0.311 e. The molecule has 0 spiro atoms. The third-order valence-corrected chi connectivity index (χ3v) is 1.61. The van der Waals surface area contributed by atoms with Gasteiger partial charge in [-0.05, 0) is 5.57 Å². The van der Waals surface area contributed by atoms with Crippen molar-refractivity contribution in [2.24, 2.45) is 0 Å². The van der Waals surface area contributed by atoms with Crippen molar-refractivity contribution in [2.75, 3.05) is 6.54 Å². The maximum atomic E-state index is 4.00. The van der Waals surface area contributed by atoms with Crippen LogP contribution in [0.4, 0.5) is 0 Å². The summed E-state index contributed by atoms with van der Waals surface area (Å²) in [6, 6.07) is 0.493. The van der Waals surface area contributed by atoms with Crippen molar-refractivity contribution >= 4 is 0 Å². The Bertz CT molecular complexity index is 251. The van der Waals surface area contributed by atoms with Crippen molar-refractivity contribution in [1.29, 1.82) is 0 Å². The molecule has 4 heteroatoms. The summed E-state index contributed by atoms with van der Waals surface area (Å²) >= 11 is 0. The molecule has 0 aliphatic heterocycles. The second-order valence-corrected chi connectivity index (χ2v) is 3.38. The Kier molecular flexibility index (Phi) is 3.64. The molecule has 0 fully saturated rings. The zero-order valence-corrected chi connectivity index (χ0v) is 8.20. The summed E-state index contributed by atoms with van der Waals surface area (Å²) in [4.78, 5) is 3.86. The lowest BCUT2D eigenvalue weighted by molar-refractivity contribution is 0.588. The summed E-state index contributed by atoms with van der Waals surface area (Å²) < 4.78 is 1.77. The van der Waals surface area contributed by atoms with Crippen molar-refractivity contribution in [2.45, 2.75) is 26.4 Å². The van der Waals surface area contributed by atoms with Crippen LogP contribution in [0.1, 0.15) is 13.8 Å². The maximum Gasteiger partial charge on any atom is 0.137 e. The Morgan fingerprint density at radius 2 is 2.38 bits per heavy atom. The van der Waals surface area contributed by atoms with E-state index in [1.54, 1.807) is 11.0 Å². The van der Waals surface area contributed by atoms with Crippen molar-refractivity contribution < 1.29 is 0 Å². The first-order chi connectivity index (χ1) is 6.18. The Balaban J connectivity index is 2.26. The lowest BCUT2D eigenvalue weighted by Crippen LogP contribution is -2.25. The van der Waals surface area contributed by atoms with E-state index >= 15 is 0 Å². The zero-order valence-electron chi connectivity index (χ0n) is 8.20. The Morgan fingerprint density at radius 1 is 1.62 bits per heavy atom. The number of hydrogen-bond acceptors (Lipinski definition) is 3. The predicted molar refractivity (Wildman–Crippen MR) is 52.3 cm³/mol. The summed E-state index contributed by atoms with van der Waals surface area (Å²) in [6.45, 7) is 9.74. The summed E-state index contributed by atoms with van der Waals surface area (Å²) in [7, 11) is 0. The quantitative estimate of drug-likeness (QED) is 0.682. The molecule has 4 nitrogen and oxygen atoms in total. The Hall–Kier alpha value is -1.16. The molecule has 1 N–H and O–H groups in total. The van der Waals surface area contributed by atoms with E-state index in [0.717, 1.165) is 18.7 Å². The molecule has 0 aliphatic rings. The highest BCUT2D eigenvalue weighted by atomic mass is 15.3. The van der Waals surface area contributed by atoms with E-state index < -0.39 is 0 Å². The SMILES string of the molecule is C=C(CNC(C)C)Cn1cncn1. The topological polar surface area (TPSA) is 42.7 Å². The molecule has 1 rings (SSSR count). The molecule has 1 aromatic heterocycles. The van der Waals surface area contributed by atoms with Crippen LogP contribution in [-0.2, 0) is 6.54 Å². The minimum absolute atomic E-state index is 0.493. The minimum Gasteiger partial charge on any atom is -0.311 e. The first-order valence-electron chi connectivity index (χ1n) is 4.41. The molecule has 1 aromatic rings. The normalized spacial score (nSPS) is 10.7. The number of hydrogen-bond donors (Lipinski definition) is 1. The van der Waals surface area contributed by atoms with Crippen molar-refractivity contribution in [3.05, 3.63) is 24.8 Å². The summed E-state index contributed by atoms with van der Waals surface area (Å²) in [6.07, 6.45) is 3.23. The zero-order chi connectivity index (χ0) is 9.68.